The highest BCUT2D eigenvalue weighted by Crippen LogP contribution is 2.25. The number of nitrogens with one attached hydrogen (secondary N) is 3. The van der Waals surface area contributed by atoms with E-state index in [1.54, 1.807) is 7.05 Å². The van der Waals surface area contributed by atoms with Crippen molar-refractivity contribution in [3.63, 3.8) is 0 Å². The van der Waals surface area contributed by atoms with Crippen LogP contribution in [0.3, 0.4) is 0 Å². The molecule has 0 unspecified atom stereocenters. The van der Waals surface area contributed by atoms with Crippen LogP contribution in [0.15, 0.2) is 29.3 Å². The standard InChI is InChI=1S/C18H30N4O2S/c1-3-16-9-4-5-10-17(16)14-21-18(19-2)20-11-12-25(23,24)22-13-15-7-6-8-15/h4-5,9-10,15,22H,3,6-8,11-14H2,1-2H3,(H2,19,20,21). The number of nitrogens with zero attached hydrogens (tertiary/aromatic N) is 1. The first-order valence-electron chi connectivity index (χ1n) is 9.02. The summed E-state index contributed by atoms with van der Waals surface area (Å²) in [5, 5.41) is 6.31. The van der Waals surface area contributed by atoms with Gasteiger partial charge in [-0.2, -0.15) is 0 Å². The summed E-state index contributed by atoms with van der Waals surface area (Å²) in [6.07, 6.45) is 4.47. The van der Waals surface area contributed by atoms with Crippen molar-refractivity contribution in [1.82, 2.24) is 15.4 Å². The second kappa shape index (κ2) is 9.77. The fourth-order valence-corrected chi connectivity index (χ4v) is 3.80. The predicted octanol–water partition coefficient (Wildman–Crippen LogP) is 1.63. The first kappa shape index (κ1) is 19.7. The van der Waals surface area contributed by atoms with Crippen LogP contribution in [0, 0.1) is 5.92 Å². The van der Waals surface area contributed by atoms with Crippen molar-refractivity contribution >= 4 is 16.0 Å². The molecule has 0 aliphatic heterocycles. The molecule has 0 bridgehead atoms. The second-order valence-corrected chi connectivity index (χ2v) is 8.37. The number of hydrogen-bond acceptors (Lipinski definition) is 3. The molecule has 0 radical (unpaired) electrons. The van der Waals surface area contributed by atoms with Gasteiger partial charge in [0.1, 0.15) is 0 Å². The molecule has 140 valence electrons. The smallest absolute Gasteiger partial charge is 0.213 e. The van der Waals surface area contributed by atoms with Crippen LogP contribution >= 0.6 is 0 Å². The molecule has 1 aliphatic rings. The van der Waals surface area contributed by atoms with Gasteiger partial charge in [-0.3, -0.25) is 4.99 Å². The number of aryl methyl sites for hydroxylation is 1. The molecule has 1 aliphatic carbocycles. The van der Waals surface area contributed by atoms with E-state index in [1.807, 2.05) is 12.1 Å². The minimum atomic E-state index is -3.23. The van der Waals surface area contributed by atoms with Crippen molar-refractivity contribution in [2.24, 2.45) is 10.9 Å². The van der Waals surface area contributed by atoms with Gasteiger partial charge >= 0.3 is 0 Å². The quantitative estimate of drug-likeness (QED) is 0.458. The van der Waals surface area contributed by atoms with E-state index in [2.05, 4.69) is 39.4 Å². The molecule has 2 rings (SSSR count). The largest absolute Gasteiger partial charge is 0.355 e. The Morgan fingerprint density at radius 3 is 2.52 bits per heavy atom. The summed E-state index contributed by atoms with van der Waals surface area (Å²) in [7, 11) is -1.54. The minimum Gasteiger partial charge on any atom is -0.355 e. The summed E-state index contributed by atoms with van der Waals surface area (Å²) in [5.41, 5.74) is 2.52. The molecule has 1 saturated carbocycles. The summed E-state index contributed by atoms with van der Waals surface area (Å²) in [4.78, 5) is 4.15. The predicted molar refractivity (Wildman–Crippen MR) is 103 cm³/mol. The number of aliphatic imine (C=N–C) groups is 1. The van der Waals surface area contributed by atoms with Crippen LogP contribution in [0.5, 0.6) is 0 Å². The van der Waals surface area contributed by atoms with E-state index >= 15 is 0 Å². The van der Waals surface area contributed by atoms with Crippen molar-refractivity contribution in [1.29, 1.82) is 0 Å². The zero-order chi connectivity index (χ0) is 18.1. The molecule has 1 aromatic rings. The fourth-order valence-electron chi connectivity index (χ4n) is 2.79. The Hall–Kier alpha value is -1.60. The molecular formula is C18H30N4O2S. The van der Waals surface area contributed by atoms with Crippen molar-refractivity contribution in [3.8, 4) is 0 Å². The average Bonchev–Trinajstić information content (AvgIpc) is 2.56. The lowest BCUT2D eigenvalue weighted by Gasteiger charge is -2.25. The summed E-state index contributed by atoms with van der Waals surface area (Å²) >= 11 is 0. The molecule has 1 aromatic carbocycles. The maximum absolute atomic E-state index is 12.0. The fraction of sp³-hybridized carbons (Fsp3) is 0.611. The highest BCUT2D eigenvalue weighted by Gasteiger charge is 2.20. The van der Waals surface area contributed by atoms with Crippen LogP contribution in [0.1, 0.15) is 37.3 Å². The number of benzene rings is 1. The van der Waals surface area contributed by atoms with Crippen LogP contribution in [-0.4, -0.2) is 40.3 Å². The van der Waals surface area contributed by atoms with Crippen LogP contribution in [0.2, 0.25) is 0 Å². The molecule has 0 saturated heterocycles. The monoisotopic (exact) mass is 366 g/mol. The Bertz CT molecular complexity index is 669. The second-order valence-electron chi connectivity index (χ2n) is 6.44. The maximum Gasteiger partial charge on any atom is 0.213 e. The zero-order valence-electron chi connectivity index (χ0n) is 15.2. The van der Waals surface area contributed by atoms with Crippen molar-refractivity contribution in [3.05, 3.63) is 35.4 Å². The summed E-state index contributed by atoms with van der Waals surface area (Å²) in [6, 6.07) is 8.27. The lowest BCUT2D eigenvalue weighted by molar-refractivity contribution is 0.316. The highest BCUT2D eigenvalue weighted by atomic mass is 32.2. The van der Waals surface area contributed by atoms with Gasteiger partial charge in [0.05, 0.1) is 5.75 Å². The van der Waals surface area contributed by atoms with Crippen LogP contribution in [-0.2, 0) is 23.0 Å². The third kappa shape index (κ3) is 6.66. The molecule has 0 heterocycles. The normalized spacial score (nSPS) is 15.7. The van der Waals surface area contributed by atoms with Crippen molar-refractivity contribution in [2.75, 3.05) is 25.9 Å². The van der Waals surface area contributed by atoms with E-state index in [4.69, 9.17) is 0 Å². The Morgan fingerprint density at radius 1 is 1.20 bits per heavy atom. The molecule has 0 atom stereocenters. The van der Waals surface area contributed by atoms with Gasteiger partial charge in [0, 0.05) is 26.7 Å². The summed E-state index contributed by atoms with van der Waals surface area (Å²) in [5.74, 6) is 1.18. The van der Waals surface area contributed by atoms with E-state index in [0.29, 0.717) is 31.5 Å². The SMILES string of the molecule is CCc1ccccc1CNC(=NC)NCCS(=O)(=O)NCC1CCC1. The van der Waals surface area contributed by atoms with E-state index in [9.17, 15) is 8.42 Å². The highest BCUT2D eigenvalue weighted by molar-refractivity contribution is 7.89. The lowest BCUT2D eigenvalue weighted by Crippen LogP contribution is -2.41. The van der Waals surface area contributed by atoms with Crippen molar-refractivity contribution < 1.29 is 8.42 Å². The van der Waals surface area contributed by atoms with E-state index in [-0.39, 0.29) is 5.75 Å². The van der Waals surface area contributed by atoms with Crippen LogP contribution in [0.4, 0.5) is 0 Å². The molecule has 6 nitrogen and oxygen atoms in total. The number of rotatable bonds is 9. The first-order valence-corrected chi connectivity index (χ1v) is 10.7. The summed E-state index contributed by atoms with van der Waals surface area (Å²) < 4.78 is 26.7. The summed E-state index contributed by atoms with van der Waals surface area (Å²) in [6.45, 7) is 3.70. The van der Waals surface area contributed by atoms with Gasteiger partial charge in [-0.1, -0.05) is 37.6 Å². The van der Waals surface area contributed by atoms with Crippen molar-refractivity contribution in [2.45, 2.75) is 39.2 Å². The van der Waals surface area contributed by atoms with Crippen LogP contribution in [0.25, 0.3) is 0 Å². The first-order chi connectivity index (χ1) is 12.0. The topological polar surface area (TPSA) is 82.6 Å². The van der Waals surface area contributed by atoms with Gasteiger partial charge in [-0.25, -0.2) is 13.1 Å². The Labute approximate surface area is 151 Å². The lowest BCUT2D eigenvalue weighted by atomic mass is 9.86. The third-order valence-corrected chi connectivity index (χ3v) is 6.00. The van der Waals surface area contributed by atoms with E-state index in [0.717, 1.165) is 19.3 Å². The molecular weight excluding hydrogens is 336 g/mol. The minimum absolute atomic E-state index is 0.0476. The van der Waals surface area contributed by atoms with Crippen LogP contribution < -0.4 is 15.4 Å². The van der Waals surface area contributed by atoms with Gasteiger partial charge in [0.25, 0.3) is 0 Å². The van der Waals surface area contributed by atoms with Gasteiger partial charge in [-0.05, 0) is 36.3 Å². The van der Waals surface area contributed by atoms with Gasteiger partial charge in [0.2, 0.25) is 10.0 Å². The maximum atomic E-state index is 12.0. The van der Waals surface area contributed by atoms with Gasteiger partial charge < -0.3 is 10.6 Å². The number of hydrogen-bond donors (Lipinski definition) is 3. The van der Waals surface area contributed by atoms with Gasteiger partial charge in [-0.15, -0.1) is 0 Å². The van der Waals surface area contributed by atoms with E-state index < -0.39 is 10.0 Å². The van der Waals surface area contributed by atoms with Gasteiger partial charge in [0.15, 0.2) is 5.96 Å². The Morgan fingerprint density at radius 2 is 1.92 bits per heavy atom. The Balaban J connectivity index is 1.72. The molecule has 0 aromatic heterocycles. The molecule has 0 spiro atoms. The van der Waals surface area contributed by atoms with E-state index in [1.165, 1.54) is 17.5 Å². The Kier molecular flexibility index (Phi) is 7.71. The number of guanidine groups is 1. The third-order valence-electron chi connectivity index (χ3n) is 4.65. The molecule has 25 heavy (non-hydrogen) atoms. The molecule has 1 fully saturated rings. The average molecular weight is 367 g/mol. The number of sulfonamides is 1. The molecule has 0 amide bonds. The molecule has 3 N–H and O–H groups in total. The molecule has 7 heteroatoms. The zero-order valence-corrected chi connectivity index (χ0v) is 16.0.